The maximum atomic E-state index is 13.0. The topological polar surface area (TPSA) is 79.6 Å². The van der Waals surface area contributed by atoms with E-state index in [1.807, 2.05) is 11.8 Å². The zero-order chi connectivity index (χ0) is 19.4. The maximum Gasteiger partial charge on any atom is 0.254 e. The summed E-state index contributed by atoms with van der Waals surface area (Å²) in [5.74, 6) is 0.958. The number of hydrogen-bond donors (Lipinski definition) is 1. The van der Waals surface area contributed by atoms with Crippen LogP contribution in [-0.4, -0.2) is 32.3 Å². The lowest BCUT2D eigenvalue weighted by atomic mass is 9.95. The fourth-order valence-corrected chi connectivity index (χ4v) is 4.43. The predicted molar refractivity (Wildman–Crippen MR) is 103 cm³/mol. The van der Waals surface area contributed by atoms with Crippen molar-refractivity contribution in [3.8, 4) is 0 Å². The molecule has 146 valence electrons. The van der Waals surface area contributed by atoms with E-state index in [4.69, 9.17) is 4.42 Å². The lowest BCUT2D eigenvalue weighted by molar-refractivity contribution is 0.0670. The van der Waals surface area contributed by atoms with Gasteiger partial charge in [0.1, 0.15) is 5.76 Å². The normalized spacial score (nSPS) is 17.9. The van der Waals surface area contributed by atoms with Crippen molar-refractivity contribution >= 4 is 15.9 Å². The van der Waals surface area contributed by atoms with Crippen LogP contribution in [0.15, 0.2) is 45.9 Å². The third kappa shape index (κ3) is 4.59. The zero-order valence-corrected chi connectivity index (χ0v) is 16.6. The Bertz CT molecular complexity index is 891. The Morgan fingerprint density at radius 2 is 2.15 bits per heavy atom. The number of nitrogens with one attached hydrogen (secondary N) is 1. The Morgan fingerprint density at radius 1 is 1.33 bits per heavy atom. The van der Waals surface area contributed by atoms with Crippen molar-refractivity contribution in [2.45, 2.75) is 44.6 Å². The Morgan fingerprint density at radius 3 is 2.85 bits per heavy atom. The van der Waals surface area contributed by atoms with E-state index < -0.39 is 10.0 Å². The van der Waals surface area contributed by atoms with Crippen molar-refractivity contribution in [3.05, 3.63) is 53.5 Å². The van der Waals surface area contributed by atoms with Crippen LogP contribution in [0, 0.1) is 12.8 Å². The molecular weight excluding hydrogens is 364 g/mol. The lowest BCUT2D eigenvalue weighted by Gasteiger charge is -2.32. The molecule has 0 saturated carbocycles. The minimum absolute atomic E-state index is 0.0663. The van der Waals surface area contributed by atoms with E-state index in [-0.39, 0.29) is 17.3 Å². The molecule has 0 bridgehead atoms. The molecule has 1 aromatic heterocycles. The second-order valence-corrected chi connectivity index (χ2v) is 8.82. The standard InChI is InChI=1S/C20H26N2O4S/c1-3-16-6-4-10-22(14-16)20(23)19-12-18(9-8-15(19)2)27(24,25)21-13-17-7-5-11-26-17/h5,7-9,11-12,16,21H,3-4,6,10,13-14H2,1-2H3. The number of aryl methyl sites for hydroxylation is 1. The number of piperidine rings is 1. The molecule has 1 fully saturated rings. The number of nitrogens with zero attached hydrogens (tertiary/aromatic N) is 1. The van der Waals surface area contributed by atoms with Gasteiger partial charge in [-0.3, -0.25) is 4.79 Å². The molecule has 1 saturated heterocycles. The molecule has 1 aromatic carbocycles. The van der Waals surface area contributed by atoms with Crippen molar-refractivity contribution in [2.24, 2.45) is 5.92 Å². The molecule has 1 atom stereocenters. The molecular formula is C20H26N2O4S. The van der Waals surface area contributed by atoms with Crippen molar-refractivity contribution in [3.63, 3.8) is 0 Å². The van der Waals surface area contributed by atoms with Crippen LogP contribution in [0.5, 0.6) is 0 Å². The van der Waals surface area contributed by atoms with Gasteiger partial charge >= 0.3 is 0 Å². The summed E-state index contributed by atoms with van der Waals surface area (Å²) in [5.41, 5.74) is 1.23. The van der Waals surface area contributed by atoms with Crippen LogP contribution in [0.4, 0.5) is 0 Å². The monoisotopic (exact) mass is 390 g/mol. The average Bonchev–Trinajstić information content (AvgIpc) is 3.20. The maximum absolute atomic E-state index is 13.0. The van der Waals surface area contributed by atoms with E-state index in [0.717, 1.165) is 37.9 Å². The molecule has 1 amide bonds. The van der Waals surface area contributed by atoms with E-state index in [2.05, 4.69) is 11.6 Å². The fourth-order valence-electron chi connectivity index (χ4n) is 3.41. The van der Waals surface area contributed by atoms with Gasteiger partial charge in [0, 0.05) is 18.7 Å². The molecule has 0 radical (unpaired) electrons. The van der Waals surface area contributed by atoms with E-state index in [0.29, 0.717) is 17.2 Å². The van der Waals surface area contributed by atoms with Gasteiger partial charge < -0.3 is 9.32 Å². The number of amides is 1. The molecule has 2 aromatic rings. The molecule has 1 N–H and O–H groups in total. The van der Waals surface area contributed by atoms with Gasteiger partial charge in [-0.25, -0.2) is 13.1 Å². The molecule has 1 aliphatic rings. The second kappa shape index (κ2) is 8.27. The molecule has 27 heavy (non-hydrogen) atoms. The number of rotatable bonds is 6. The van der Waals surface area contributed by atoms with Crippen LogP contribution in [0.2, 0.25) is 0 Å². The molecule has 6 nitrogen and oxygen atoms in total. The van der Waals surface area contributed by atoms with E-state index >= 15 is 0 Å². The van der Waals surface area contributed by atoms with Crippen molar-refractivity contribution in [1.82, 2.24) is 9.62 Å². The number of benzene rings is 1. The smallest absolute Gasteiger partial charge is 0.254 e. The van der Waals surface area contributed by atoms with Crippen molar-refractivity contribution in [2.75, 3.05) is 13.1 Å². The van der Waals surface area contributed by atoms with Gasteiger partial charge in [-0.05, 0) is 55.5 Å². The van der Waals surface area contributed by atoms with Crippen LogP contribution in [-0.2, 0) is 16.6 Å². The largest absolute Gasteiger partial charge is 0.468 e. The summed E-state index contributed by atoms with van der Waals surface area (Å²) < 4.78 is 32.9. The number of carbonyl (C=O) groups excluding carboxylic acids is 1. The summed E-state index contributed by atoms with van der Waals surface area (Å²) in [7, 11) is -3.74. The third-order valence-corrected chi connectivity index (χ3v) is 6.55. The lowest BCUT2D eigenvalue weighted by Crippen LogP contribution is -2.40. The Labute approximate surface area is 160 Å². The number of sulfonamides is 1. The quantitative estimate of drug-likeness (QED) is 0.820. The molecule has 3 rings (SSSR count). The summed E-state index contributed by atoms with van der Waals surface area (Å²) in [4.78, 5) is 14.9. The van der Waals surface area contributed by atoms with Crippen molar-refractivity contribution < 1.29 is 17.6 Å². The predicted octanol–water partition coefficient (Wildman–Crippen LogP) is 3.33. The van der Waals surface area contributed by atoms with E-state index in [9.17, 15) is 13.2 Å². The average molecular weight is 391 g/mol. The van der Waals surface area contributed by atoms with E-state index in [1.54, 1.807) is 18.2 Å². The molecule has 1 unspecified atom stereocenters. The summed E-state index contributed by atoms with van der Waals surface area (Å²) in [6, 6.07) is 8.11. The highest BCUT2D eigenvalue weighted by Crippen LogP contribution is 2.23. The van der Waals surface area contributed by atoms with Crippen LogP contribution in [0.3, 0.4) is 0 Å². The third-order valence-electron chi connectivity index (χ3n) is 5.15. The zero-order valence-electron chi connectivity index (χ0n) is 15.8. The van der Waals surface area contributed by atoms with Crippen LogP contribution in [0.25, 0.3) is 0 Å². The fraction of sp³-hybridized carbons (Fsp3) is 0.450. The van der Waals surface area contributed by atoms with Crippen molar-refractivity contribution in [1.29, 1.82) is 0 Å². The van der Waals surface area contributed by atoms with Gasteiger partial charge in [-0.15, -0.1) is 0 Å². The first kappa shape index (κ1) is 19.6. The van der Waals surface area contributed by atoms with Gasteiger partial charge in [0.25, 0.3) is 5.91 Å². The first-order valence-electron chi connectivity index (χ1n) is 9.32. The van der Waals surface area contributed by atoms with Gasteiger partial charge in [0.05, 0.1) is 17.7 Å². The molecule has 1 aliphatic heterocycles. The van der Waals surface area contributed by atoms with Gasteiger partial charge in [0.15, 0.2) is 0 Å². The number of likely N-dealkylation sites (tertiary alicyclic amines) is 1. The first-order valence-corrected chi connectivity index (χ1v) is 10.8. The number of furan rings is 1. The Hall–Kier alpha value is -2.12. The highest BCUT2D eigenvalue weighted by atomic mass is 32.2. The molecule has 0 spiro atoms. The highest BCUT2D eigenvalue weighted by Gasteiger charge is 2.26. The summed E-state index contributed by atoms with van der Waals surface area (Å²) in [5, 5.41) is 0. The summed E-state index contributed by atoms with van der Waals surface area (Å²) >= 11 is 0. The number of carbonyl (C=O) groups is 1. The van der Waals surface area contributed by atoms with Gasteiger partial charge in [-0.1, -0.05) is 19.4 Å². The van der Waals surface area contributed by atoms with Crippen LogP contribution in [0.1, 0.15) is 47.9 Å². The molecule has 0 aliphatic carbocycles. The minimum atomic E-state index is -3.74. The summed E-state index contributed by atoms with van der Waals surface area (Å²) in [6.45, 7) is 5.50. The molecule has 7 heteroatoms. The Balaban J connectivity index is 1.80. The first-order chi connectivity index (χ1) is 12.9. The summed E-state index contributed by atoms with van der Waals surface area (Å²) in [6.07, 6.45) is 4.68. The van der Waals surface area contributed by atoms with Gasteiger partial charge in [-0.2, -0.15) is 0 Å². The van der Waals surface area contributed by atoms with Gasteiger partial charge in [0.2, 0.25) is 10.0 Å². The van der Waals surface area contributed by atoms with E-state index in [1.165, 1.54) is 18.4 Å². The SMILES string of the molecule is CCC1CCCN(C(=O)c2cc(S(=O)(=O)NCc3ccco3)ccc2C)C1. The van der Waals surface area contributed by atoms with Crippen LogP contribution < -0.4 is 4.72 Å². The Kier molecular flexibility index (Phi) is 6.01. The number of hydrogen-bond acceptors (Lipinski definition) is 4. The molecule has 2 heterocycles. The van der Waals surface area contributed by atoms with Crippen LogP contribution >= 0.6 is 0 Å². The minimum Gasteiger partial charge on any atom is -0.468 e. The second-order valence-electron chi connectivity index (χ2n) is 7.05. The highest BCUT2D eigenvalue weighted by molar-refractivity contribution is 7.89.